The number of hydrogen-bond acceptors (Lipinski definition) is 3. The minimum absolute atomic E-state index is 0.121. The average molecular weight is 203 g/mol. The van der Waals surface area contributed by atoms with Gasteiger partial charge in [-0.1, -0.05) is 12.2 Å². The third-order valence-electron chi connectivity index (χ3n) is 2.34. The SMILES string of the molecule is O=C(NNC1CC=CC1)c1ccncc1. The summed E-state index contributed by atoms with van der Waals surface area (Å²) in [6, 6.07) is 3.70. The number of nitrogens with one attached hydrogen (secondary N) is 2. The van der Waals surface area contributed by atoms with Gasteiger partial charge in [0, 0.05) is 24.0 Å². The zero-order valence-corrected chi connectivity index (χ0v) is 8.31. The van der Waals surface area contributed by atoms with Gasteiger partial charge >= 0.3 is 0 Å². The van der Waals surface area contributed by atoms with Crippen LogP contribution < -0.4 is 10.9 Å². The maximum atomic E-state index is 11.6. The standard InChI is InChI=1S/C11H13N3O/c15-11(9-5-7-12-8-6-9)14-13-10-3-1-2-4-10/h1-2,5-8,10,13H,3-4H2,(H,14,15). The predicted octanol–water partition coefficient (Wildman–Crippen LogP) is 1.03. The molecule has 0 saturated carbocycles. The van der Waals surface area contributed by atoms with E-state index >= 15 is 0 Å². The molecule has 1 heterocycles. The zero-order chi connectivity index (χ0) is 10.5. The van der Waals surface area contributed by atoms with Crippen molar-refractivity contribution in [2.24, 2.45) is 0 Å². The van der Waals surface area contributed by atoms with E-state index in [0.717, 1.165) is 12.8 Å². The van der Waals surface area contributed by atoms with E-state index in [0.29, 0.717) is 11.6 Å². The summed E-state index contributed by atoms with van der Waals surface area (Å²) in [4.78, 5) is 15.4. The van der Waals surface area contributed by atoms with Crippen LogP contribution in [-0.4, -0.2) is 16.9 Å². The van der Waals surface area contributed by atoms with Gasteiger partial charge in [-0.05, 0) is 25.0 Å². The number of carbonyl (C=O) groups is 1. The van der Waals surface area contributed by atoms with E-state index < -0.39 is 0 Å². The molecular weight excluding hydrogens is 190 g/mol. The van der Waals surface area contributed by atoms with E-state index in [1.165, 1.54) is 0 Å². The van der Waals surface area contributed by atoms with Crippen LogP contribution in [0.5, 0.6) is 0 Å². The van der Waals surface area contributed by atoms with E-state index in [1.807, 2.05) is 0 Å². The van der Waals surface area contributed by atoms with Gasteiger partial charge in [0.05, 0.1) is 0 Å². The number of nitrogens with zero attached hydrogens (tertiary/aromatic N) is 1. The first kappa shape index (κ1) is 9.86. The van der Waals surface area contributed by atoms with Crippen molar-refractivity contribution in [3.63, 3.8) is 0 Å². The lowest BCUT2D eigenvalue weighted by molar-refractivity contribution is 0.0925. The van der Waals surface area contributed by atoms with Crippen molar-refractivity contribution in [1.29, 1.82) is 0 Å². The van der Waals surface area contributed by atoms with Gasteiger partial charge in [0.25, 0.3) is 5.91 Å². The highest BCUT2D eigenvalue weighted by molar-refractivity contribution is 5.93. The molecule has 0 fully saturated rings. The Hall–Kier alpha value is -1.68. The third kappa shape index (κ3) is 2.63. The summed E-state index contributed by atoms with van der Waals surface area (Å²) in [5.41, 5.74) is 6.30. The second-order valence-corrected chi connectivity index (χ2v) is 3.47. The van der Waals surface area contributed by atoms with Crippen molar-refractivity contribution in [2.45, 2.75) is 18.9 Å². The number of hydrazine groups is 1. The van der Waals surface area contributed by atoms with Crippen LogP contribution in [0.3, 0.4) is 0 Å². The van der Waals surface area contributed by atoms with Crippen LogP contribution in [0.4, 0.5) is 0 Å². The maximum absolute atomic E-state index is 11.6. The number of hydrogen-bond donors (Lipinski definition) is 2. The Labute approximate surface area is 88.4 Å². The largest absolute Gasteiger partial charge is 0.287 e. The first-order chi connectivity index (χ1) is 7.36. The first-order valence-corrected chi connectivity index (χ1v) is 4.97. The minimum atomic E-state index is -0.121. The van der Waals surface area contributed by atoms with Crippen molar-refractivity contribution in [1.82, 2.24) is 15.8 Å². The van der Waals surface area contributed by atoms with Gasteiger partial charge in [0.2, 0.25) is 0 Å². The molecule has 1 aromatic heterocycles. The van der Waals surface area contributed by atoms with Gasteiger partial charge < -0.3 is 0 Å². The zero-order valence-electron chi connectivity index (χ0n) is 8.31. The molecule has 0 atom stereocenters. The second kappa shape index (κ2) is 4.70. The van der Waals surface area contributed by atoms with Gasteiger partial charge in [-0.2, -0.15) is 0 Å². The normalized spacial score (nSPS) is 15.5. The molecular formula is C11H13N3O. The smallest absolute Gasteiger partial charge is 0.265 e. The van der Waals surface area contributed by atoms with E-state index in [4.69, 9.17) is 0 Å². The summed E-state index contributed by atoms with van der Waals surface area (Å²) in [6.45, 7) is 0. The first-order valence-electron chi connectivity index (χ1n) is 4.97. The van der Waals surface area contributed by atoms with E-state index in [1.54, 1.807) is 24.5 Å². The Bertz CT molecular complexity index is 353. The van der Waals surface area contributed by atoms with Crippen molar-refractivity contribution in [3.8, 4) is 0 Å². The van der Waals surface area contributed by atoms with Crippen LogP contribution in [0.15, 0.2) is 36.7 Å². The lowest BCUT2D eigenvalue weighted by Gasteiger charge is -2.12. The van der Waals surface area contributed by atoms with Gasteiger partial charge in [-0.25, -0.2) is 5.43 Å². The highest BCUT2D eigenvalue weighted by atomic mass is 16.2. The summed E-state index contributed by atoms with van der Waals surface area (Å²) in [5, 5.41) is 0. The number of carbonyl (C=O) groups excluding carboxylic acids is 1. The minimum Gasteiger partial charge on any atom is -0.287 e. The van der Waals surface area contributed by atoms with E-state index in [-0.39, 0.29) is 5.91 Å². The topological polar surface area (TPSA) is 54.0 Å². The highest BCUT2D eigenvalue weighted by Crippen LogP contribution is 2.07. The number of pyridine rings is 1. The Morgan fingerprint density at radius 2 is 1.93 bits per heavy atom. The summed E-state index contributed by atoms with van der Waals surface area (Å²) in [6.07, 6.45) is 9.36. The van der Waals surface area contributed by atoms with Crippen molar-refractivity contribution >= 4 is 5.91 Å². The van der Waals surface area contributed by atoms with Crippen molar-refractivity contribution in [2.75, 3.05) is 0 Å². The molecule has 0 aromatic carbocycles. The van der Waals surface area contributed by atoms with Crippen LogP contribution >= 0.6 is 0 Å². The summed E-state index contributed by atoms with van der Waals surface area (Å²) in [7, 11) is 0. The summed E-state index contributed by atoms with van der Waals surface area (Å²) in [5.74, 6) is -0.121. The van der Waals surface area contributed by atoms with Gasteiger partial charge in [0.1, 0.15) is 0 Å². The third-order valence-corrected chi connectivity index (χ3v) is 2.34. The van der Waals surface area contributed by atoms with E-state index in [9.17, 15) is 4.79 Å². The molecule has 15 heavy (non-hydrogen) atoms. The van der Waals surface area contributed by atoms with Crippen LogP contribution in [0, 0.1) is 0 Å². The van der Waals surface area contributed by atoms with Crippen LogP contribution in [0.2, 0.25) is 0 Å². The van der Waals surface area contributed by atoms with Crippen LogP contribution in [-0.2, 0) is 0 Å². The molecule has 0 radical (unpaired) electrons. The summed E-state index contributed by atoms with van der Waals surface area (Å²) >= 11 is 0. The van der Waals surface area contributed by atoms with Gasteiger partial charge in [0.15, 0.2) is 0 Å². The van der Waals surface area contributed by atoms with Crippen LogP contribution in [0.25, 0.3) is 0 Å². The van der Waals surface area contributed by atoms with Crippen LogP contribution in [0.1, 0.15) is 23.2 Å². The Morgan fingerprint density at radius 3 is 2.60 bits per heavy atom. The highest BCUT2D eigenvalue weighted by Gasteiger charge is 2.11. The molecule has 0 bridgehead atoms. The average Bonchev–Trinajstić information content (AvgIpc) is 2.80. The molecule has 0 aliphatic heterocycles. The molecule has 1 aliphatic rings. The lowest BCUT2D eigenvalue weighted by atomic mass is 10.2. The maximum Gasteiger partial charge on any atom is 0.265 e. The molecule has 1 amide bonds. The monoisotopic (exact) mass is 203 g/mol. The lowest BCUT2D eigenvalue weighted by Crippen LogP contribution is -2.43. The molecule has 1 aromatic rings. The fourth-order valence-corrected chi connectivity index (χ4v) is 1.48. The Kier molecular flexibility index (Phi) is 3.09. The fraction of sp³-hybridized carbons (Fsp3) is 0.273. The van der Waals surface area contributed by atoms with E-state index in [2.05, 4.69) is 28.0 Å². The fourth-order valence-electron chi connectivity index (χ4n) is 1.48. The number of aromatic nitrogens is 1. The molecule has 78 valence electrons. The second-order valence-electron chi connectivity index (χ2n) is 3.47. The number of rotatable bonds is 3. The number of amides is 1. The molecule has 4 heteroatoms. The predicted molar refractivity (Wildman–Crippen MR) is 57.0 cm³/mol. The molecule has 0 unspecified atom stereocenters. The van der Waals surface area contributed by atoms with Gasteiger partial charge in [-0.3, -0.25) is 15.2 Å². The molecule has 1 aliphatic carbocycles. The molecule has 2 N–H and O–H groups in total. The molecule has 2 rings (SSSR count). The Morgan fingerprint density at radius 1 is 1.27 bits per heavy atom. The van der Waals surface area contributed by atoms with Crippen molar-refractivity contribution < 1.29 is 4.79 Å². The quantitative estimate of drug-likeness (QED) is 0.570. The molecule has 4 nitrogen and oxygen atoms in total. The molecule has 0 saturated heterocycles. The summed E-state index contributed by atoms with van der Waals surface area (Å²) < 4.78 is 0. The molecule has 0 spiro atoms. The van der Waals surface area contributed by atoms with Gasteiger partial charge in [-0.15, -0.1) is 0 Å². The Balaban J connectivity index is 1.82. The van der Waals surface area contributed by atoms with Crippen molar-refractivity contribution in [3.05, 3.63) is 42.2 Å².